The number of benzene rings is 8. The number of fused-ring (bicyclic) bond motifs is 7. The normalized spacial score (nSPS) is 11.3. The Bertz CT molecular complexity index is 3540. The summed E-state index contributed by atoms with van der Waals surface area (Å²) in [7, 11) is 0. The predicted molar refractivity (Wildman–Crippen MR) is 242 cm³/mol. The second-order valence-electron chi connectivity index (χ2n) is 14.8. The van der Waals surface area contributed by atoms with E-state index in [9.17, 15) is 10.5 Å². The summed E-state index contributed by atoms with van der Waals surface area (Å²) in [4.78, 5) is 9.88. The van der Waals surface area contributed by atoms with Gasteiger partial charge in [-0.2, -0.15) is 10.5 Å². The molecule has 0 amide bonds. The Morgan fingerprint density at radius 3 is 1.52 bits per heavy atom. The molecule has 3 heterocycles. The molecule has 6 heteroatoms. The zero-order valence-corrected chi connectivity index (χ0v) is 32.2. The Hall–Kier alpha value is -8.58. The lowest BCUT2D eigenvalue weighted by atomic mass is 9.94. The van der Waals surface area contributed by atoms with E-state index in [-0.39, 0.29) is 0 Å². The lowest BCUT2D eigenvalue weighted by Gasteiger charge is -2.14. The summed E-state index contributed by atoms with van der Waals surface area (Å²) < 4.78 is 4.75. The second-order valence-corrected chi connectivity index (χ2v) is 14.8. The smallest absolute Gasteiger partial charge is 0.160 e. The summed E-state index contributed by atoms with van der Waals surface area (Å²) in [6.07, 6.45) is 0. The van der Waals surface area contributed by atoms with Crippen molar-refractivity contribution in [3.63, 3.8) is 0 Å². The number of aromatic nitrogens is 4. The molecule has 60 heavy (non-hydrogen) atoms. The van der Waals surface area contributed by atoms with E-state index in [1.165, 1.54) is 10.8 Å². The molecule has 0 saturated heterocycles. The molecular formula is C54H32N6. The topological polar surface area (TPSA) is 83.2 Å². The number of hydrogen-bond acceptors (Lipinski definition) is 4. The summed E-state index contributed by atoms with van der Waals surface area (Å²) in [6.45, 7) is 0. The van der Waals surface area contributed by atoms with Gasteiger partial charge in [0.15, 0.2) is 5.82 Å². The minimum atomic E-state index is 0.354. The second kappa shape index (κ2) is 14.1. The number of rotatable bonds is 6. The Morgan fingerprint density at radius 1 is 0.383 bits per heavy atom. The maximum Gasteiger partial charge on any atom is 0.160 e. The van der Waals surface area contributed by atoms with Crippen molar-refractivity contribution in [1.29, 1.82) is 10.5 Å². The van der Waals surface area contributed by atoms with Crippen LogP contribution in [-0.4, -0.2) is 19.1 Å². The van der Waals surface area contributed by atoms with Crippen LogP contribution in [0.2, 0.25) is 0 Å². The molecule has 11 rings (SSSR count). The highest BCUT2D eigenvalue weighted by molar-refractivity contribution is 6.24. The highest BCUT2D eigenvalue weighted by atomic mass is 15.0. The molecule has 0 aliphatic rings. The van der Waals surface area contributed by atoms with Crippen LogP contribution in [0.1, 0.15) is 11.1 Å². The van der Waals surface area contributed by atoms with Crippen molar-refractivity contribution in [2.75, 3.05) is 0 Å². The van der Waals surface area contributed by atoms with Gasteiger partial charge in [0, 0.05) is 49.6 Å². The molecule has 0 spiro atoms. The van der Waals surface area contributed by atoms with Gasteiger partial charge < -0.3 is 9.13 Å². The van der Waals surface area contributed by atoms with Crippen LogP contribution in [0.4, 0.5) is 0 Å². The van der Waals surface area contributed by atoms with E-state index in [1.807, 2.05) is 84.9 Å². The van der Waals surface area contributed by atoms with Gasteiger partial charge in [0.2, 0.25) is 0 Å². The van der Waals surface area contributed by atoms with Crippen molar-refractivity contribution in [2.24, 2.45) is 0 Å². The molecule has 6 nitrogen and oxygen atoms in total. The molecule has 0 radical (unpaired) electrons. The summed E-state index contributed by atoms with van der Waals surface area (Å²) in [5, 5.41) is 25.9. The Kier molecular flexibility index (Phi) is 8.15. The average molecular weight is 765 g/mol. The monoisotopic (exact) mass is 764 g/mol. The molecule has 8 aromatic carbocycles. The van der Waals surface area contributed by atoms with E-state index in [1.54, 1.807) is 0 Å². The number of para-hydroxylation sites is 3. The van der Waals surface area contributed by atoms with Gasteiger partial charge >= 0.3 is 0 Å². The molecule has 0 saturated carbocycles. The maximum absolute atomic E-state index is 10.8. The highest BCUT2D eigenvalue weighted by Gasteiger charge is 2.23. The van der Waals surface area contributed by atoms with Crippen molar-refractivity contribution >= 4 is 43.6 Å². The molecule has 278 valence electrons. The molecule has 0 aliphatic heterocycles. The van der Waals surface area contributed by atoms with Crippen LogP contribution >= 0.6 is 0 Å². The first kappa shape index (κ1) is 34.7. The van der Waals surface area contributed by atoms with E-state index >= 15 is 0 Å². The van der Waals surface area contributed by atoms with Crippen molar-refractivity contribution in [3.8, 4) is 68.5 Å². The third kappa shape index (κ3) is 5.48. The van der Waals surface area contributed by atoms with Gasteiger partial charge in [-0.25, -0.2) is 9.97 Å². The summed E-state index contributed by atoms with van der Waals surface area (Å²) >= 11 is 0. The van der Waals surface area contributed by atoms with Gasteiger partial charge in [0.1, 0.15) is 11.6 Å². The van der Waals surface area contributed by atoms with E-state index in [0.29, 0.717) is 33.9 Å². The molecular weight excluding hydrogens is 733 g/mol. The van der Waals surface area contributed by atoms with Crippen LogP contribution in [0, 0.1) is 22.7 Å². The molecule has 3 aromatic heterocycles. The first-order chi connectivity index (χ1) is 29.7. The molecule has 0 bridgehead atoms. The van der Waals surface area contributed by atoms with Gasteiger partial charge in [0.25, 0.3) is 0 Å². The quantitative estimate of drug-likeness (QED) is 0.169. The third-order valence-corrected chi connectivity index (χ3v) is 11.4. The van der Waals surface area contributed by atoms with Gasteiger partial charge in [0.05, 0.1) is 45.1 Å². The van der Waals surface area contributed by atoms with Crippen LogP contribution in [-0.2, 0) is 0 Å². The van der Waals surface area contributed by atoms with Crippen LogP contribution in [0.25, 0.3) is 100 Å². The van der Waals surface area contributed by atoms with E-state index in [0.717, 1.165) is 66.5 Å². The van der Waals surface area contributed by atoms with Crippen molar-refractivity contribution in [3.05, 3.63) is 205 Å². The van der Waals surface area contributed by atoms with Crippen LogP contribution < -0.4 is 0 Å². The fourth-order valence-electron chi connectivity index (χ4n) is 8.74. The molecule has 0 unspecified atom stereocenters. The maximum atomic E-state index is 10.8. The number of hydrogen-bond donors (Lipinski definition) is 0. The Labute approximate surface area is 345 Å². The number of nitrogens with zero attached hydrogens (tertiary/aromatic N) is 6. The number of nitriles is 2. The van der Waals surface area contributed by atoms with Gasteiger partial charge in [-0.15, -0.1) is 0 Å². The zero-order chi connectivity index (χ0) is 40.2. The minimum absolute atomic E-state index is 0.354. The lowest BCUT2D eigenvalue weighted by molar-refractivity contribution is 1.15. The fourth-order valence-corrected chi connectivity index (χ4v) is 8.74. The van der Waals surface area contributed by atoms with E-state index in [4.69, 9.17) is 9.97 Å². The van der Waals surface area contributed by atoms with Gasteiger partial charge in [-0.05, 0) is 59.7 Å². The SMILES string of the molecule is N#Cc1cc(-c2nc(-c3ccccc3)nc(-c3ccccc3)c2C#N)ccc1-c1ccc2c(c1)c1ccc3c4ccccc4n(-c4ccccc4)c3c1n2-c1ccccc1. The van der Waals surface area contributed by atoms with E-state index < -0.39 is 0 Å². The molecule has 0 fully saturated rings. The standard InChI is InChI=1S/C54H32N6/c55-33-39-31-38(51-47(34-56)50(35-15-5-1-6-16-35)57-54(58-51)36-17-7-2-8-18-36)25-27-42(39)37-26-30-49-46(32-37)45-29-28-44-43-23-13-14-24-48(43)59(40-19-9-3-10-20-40)52(44)53(45)60(49)41-21-11-4-12-22-41/h1-32H. The molecule has 0 N–H and O–H groups in total. The molecule has 0 atom stereocenters. The molecule has 0 aliphatic carbocycles. The summed E-state index contributed by atoms with van der Waals surface area (Å²) in [5.41, 5.74) is 12.5. The van der Waals surface area contributed by atoms with Gasteiger partial charge in [-0.3, -0.25) is 0 Å². The predicted octanol–water partition coefficient (Wildman–Crippen LogP) is 13.1. The van der Waals surface area contributed by atoms with Crippen molar-refractivity contribution in [1.82, 2.24) is 19.1 Å². The van der Waals surface area contributed by atoms with Crippen LogP contribution in [0.5, 0.6) is 0 Å². The summed E-state index contributed by atoms with van der Waals surface area (Å²) in [6, 6.07) is 70.8. The highest BCUT2D eigenvalue weighted by Crippen LogP contribution is 2.43. The zero-order valence-electron chi connectivity index (χ0n) is 32.2. The first-order valence-electron chi connectivity index (χ1n) is 19.8. The first-order valence-corrected chi connectivity index (χ1v) is 19.8. The lowest BCUT2D eigenvalue weighted by Crippen LogP contribution is -2.01. The van der Waals surface area contributed by atoms with Crippen molar-refractivity contribution in [2.45, 2.75) is 0 Å². The Morgan fingerprint density at radius 2 is 0.900 bits per heavy atom. The van der Waals surface area contributed by atoms with Gasteiger partial charge in [-0.1, -0.05) is 146 Å². The van der Waals surface area contributed by atoms with Crippen LogP contribution in [0.3, 0.4) is 0 Å². The fraction of sp³-hybridized carbons (Fsp3) is 0. The van der Waals surface area contributed by atoms with Crippen LogP contribution in [0.15, 0.2) is 194 Å². The van der Waals surface area contributed by atoms with E-state index in [2.05, 4.69) is 130 Å². The van der Waals surface area contributed by atoms with Crippen molar-refractivity contribution < 1.29 is 0 Å². The largest absolute Gasteiger partial charge is 0.307 e. The Balaban J connectivity index is 1.14. The summed E-state index contributed by atoms with van der Waals surface area (Å²) in [5.74, 6) is 0.506. The average Bonchev–Trinajstić information content (AvgIpc) is 3.85. The minimum Gasteiger partial charge on any atom is -0.307 e. The third-order valence-electron chi connectivity index (χ3n) is 11.4. The molecule has 11 aromatic rings.